The number of benzene rings is 2. The summed E-state index contributed by atoms with van der Waals surface area (Å²) in [5.41, 5.74) is 2.13. The first-order valence-electron chi connectivity index (χ1n) is 11.5. The van der Waals surface area contributed by atoms with Gasteiger partial charge in [-0.15, -0.1) is 9.78 Å². The van der Waals surface area contributed by atoms with Crippen LogP contribution in [0.5, 0.6) is 11.5 Å². The van der Waals surface area contributed by atoms with E-state index in [-0.39, 0.29) is 18.4 Å². The van der Waals surface area contributed by atoms with E-state index in [4.69, 9.17) is 14.0 Å². The minimum Gasteiger partial charge on any atom is -0.493 e. The summed E-state index contributed by atoms with van der Waals surface area (Å²) in [7, 11) is 3.01. The number of anilines is 1. The Morgan fingerprint density at radius 1 is 1.13 bits per heavy atom. The largest absolute Gasteiger partial charge is 0.493 e. The molecule has 0 saturated carbocycles. The Balaban J connectivity index is 1.58. The van der Waals surface area contributed by atoms with Gasteiger partial charge in [0.15, 0.2) is 17.3 Å². The van der Waals surface area contributed by atoms with Crippen LogP contribution in [-0.4, -0.2) is 54.2 Å². The minimum atomic E-state index is -0.670. The van der Waals surface area contributed by atoms with Gasteiger partial charge in [-0.1, -0.05) is 5.16 Å². The third kappa shape index (κ3) is 4.82. The van der Waals surface area contributed by atoms with Crippen LogP contribution in [0.25, 0.3) is 17.3 Å². The number of H-pyrrole nitrogens is 1. The van der Waals surface area contributed by atoms with Crippen LogP contribution in [0.1, 0.15) is 28.9 Å². The molecule has 38 heavy (non-hydrogen) atoms. The predicted molar refractivity (Wildman–Crippen MR) is 135 cm³/mol. The fourth-order valence-corrected chi connectivity index (χ4v) is 3.97. The Morgan fingerprint density at radius 2 is 1.89 bits per heavy atom. The number of ether oxygens (including phenoxy) is 2. The van der Waals surface area contributed by atoms with Gasteiger partial charge in [-0.2, -0.15) is 4.98 Å². The van der Waals surface area contributed by atoms with Gasteiger partial charge < -0.3 is 24.4 Å². The third-order valence-corrected chi connectivity index (χ3v) is 5.71. The summed E-state index contributed by atoms with van der Waals surface area (Å²) in [4.78, 5) is 28.1. The zero-order valence-corrected chi connectivity index (χ0v) is 20.7. The number of aromatic nitrogens is 7. The van der Waals surface area contributed by atoms with E-state index in [1.54, 1.807) is 25.1 Å². The van der Waals surface area contributed by atoms with Crippen molar-refractivity contribution in [2.45, 2.75) is 19.6 Å². The molecule has 0 fully saturated rings. The Morgan fingerprint density at radius 3 is 2.53 bits per heavy atom. The Kier molecular flexibility index (Phi) is 6.82. The lowest BCUT2D eigenvalue weighted by atomic mass is 10.0. The molecule has 13 heteroatoms. The van der Waals surface area contributed by atoms with Crippen LogP contribution in [0.4, 0.5) is 5.69 Å². The van der Waals surface area contributed by atoms with Crippen molar-refractivity contribution < 1.29 is 19.1 Å². The third-order valence-electron chi connectivity index (χ3n) is 5.71. The van der Waals surface area contributed by atoms with Gasteiger partial charge in [0, 0.05) is 36.1 Å². The molecule has 5 aromatic rings. The van der Waals surface area contributed by atoms with Crippen LogP contribution in [0.2, 0.25) is 0 Å². The molecule has 1 atom stereocenters. The van der Waals surface area contributed by atoms with Crippen molar-refractivity contribution in [2.24, 2.45) is 0 Å². The van der Waals surface area contributed by atoms with Crippen molar-refractivity contribution in [2.75, 3.05) is 19.5 Å². The van der Waals surface area contributed by atoms with Crippen molar-refractivity contribution in [1.82, 2.24) is 34.9 Å². The van der Waals surface area contributed by atoms with E-state index in [1.165, 1.54) is 26.6 Å². The minimum absolute atomic E-state index is 0.127. The van der Waals surface area contributed by atoms with Crippen LogP contribution in [0.15, 0.2) is 64.2 Å². The fourth-order valence-electron chi connectivity index (χ4n) is 3.97. The molecule has 0 aliphatic carbocycles. The molecule has 0 aliphatic rings. The van der Waals surface area contributed by atoms with Crippen LogP contribution in [0, 0.1) is 6.92 Å². The molecule has 0 saturated heterocycles. The number of nitrogens with zero attached hydrogens (tertiary/aromatic N) is 6. The highest BCUT2D eigenvalue weighted by Gasteiger charge is 2.24. The fraction of sp³-hybridized carbons (Fsp3) is 0.200. The maximum atomic E-state index is 12.8. The van der Waals surface area contributed by atoms with Crippen LogP contribution < -0.4 is 20.5 Å². The smallest absolute Gasteiger partial charge is 0.350 e. The number of hydrogen-bond donors (Lipinski definition) is 3. The standard InChI is InChI=1S/C25H24N8O5/c1-14-28-22(32-38-14)15-5-7-18(8-6-15)29-20(16-11-17(13-34)21(37-3)19(12-16)36-2)23-30-25(35)33(31-23)24-26-9-4-10-27-24/h4-12,20,29,34H,13H2,1-3H3,(H,30,31,35). The number of aliphatic hydroxyl groups is 1. The summed E-state index contributed by atoms with van der Waals surface area (Å²) < 4.78 is 17.1. The van der Waals surface area contributed by atoms with E-state index in [1.807, 2.05) is 24.3 Å². The zero-order valence-electron chi connectivity index (χ0n) is 20.7. The Labute approximate surface area is 216 Å². The Bertz CT molecular complexity index is 1570. The summed E-state index contributed by atoms with van der Waals surface area (Å²) in [5.74, 6) is 2.19. The number of aryl methyl sites for hydroxylation is 1. The average molecular weight is 517 g/mol. The molecule has 3 aromatic heterocycles. The molecular formula is C25H24N8O5. The summed E-state index contributed by atoms with van der Waals surface area (Å²) in [6.07, 6.45) is 3.04. The topological polar surface area (TPSA) is 166 Å². The van der Waals surface area contributed by atoms with Crippen LogP contribution in [0.3, 0.4) is 0 Å². The molecule has 0 spiro atoms. The van der Waals surface area contributed by atoms with E-state index in [0.29, 0.717) is 40.0 Å². The highest BCUT2D eigenvalue weighted by molar-refractivity contribution is 5.60. The normalized spacial score (nSPS) is 11.8. The first-order chi connectivity index (χ1) is 18.5. The quantitative estimate of drug-likeness (QED) is 0.263. The van der Waals surface area contributed by atoms with Gasteiger partial charge >= 0.3 is 5.69 Å². The first kappa shape index (κ1) is 24.6. The van der Waals surface area contributed by atoms with E-state index < -0.39 is 11.7 Å². The molecular weight excluding hydrogens is 492 g/mol. The molecule has 2 aromatic carbocycles. The van der Waals surface area contributed by atoms with E-state index in [2.05, 4.69) is 35.5 Å². The van der Waals surface area contributed by atoms with Crippen LogP contribution in [-0.2, 0) is 6.61 Å². The van der Waals surface area contributed by atoms with Crippen molar-refractivity contribution in [3.63, 3.8) is 0 Å². The van der Waals surface area contributed by atoms with Gasteiger partial charge in [0.25, 0.3) is 5.95 Å². The highest BCUT2D eigenvalue weighted by atomic mass is 16.5. The predicted octanol–water partition coefficient (Wildman–Crippen LogP) is 2.42. The SMILES string of the molecule is COc1cc(C(Nc2ccc(-c3noc(C)n3)cc2)c2nn(-c3ncccn3)c(=O)[nH]2)cc(CO)c1OC. The summed E-state index contributed by atoms with van der Waals surface area (Å²) in [6.45, 7) is 1.43. The number of rotatable bonds is 9. The molecule has 13 nitrogen and oxygen atoms in total. The number of nitrogens with one attached hydrogen (secondary N) is 2. The number of aliphatic hydroxyl groups excluding tert-OH is 1. The average Bonchev–Trinajstić information content (AvgIpc) is 3.57. The maximum absolute atomic E-state index is 12.8. The van der Waals surface area contributed by atoms with Crippen molar-refractivity contribution in [3.8, 4) is 28.8 Å². The Hall–Kier alpha value is -5.04. The molecule has 5 rings (SSSR count). The second-order valence-corrected chi connectivity index (χ2v) is 8.14. The van der Waals surface area contributed by atoms with Gasteiger partial charge in [-0.25, -0.2) is 14.8 Å². The second kappa shape index (κ2) is 10.5. The number of methoxy groups -OCH3 is 2. The lowest BCUT2D eigenvalue weighted by Gasteiger charge is -2.21. The number of aromatic amines is 1. The van der Waals surface area contributed by atoms with Crippen LogP contribution >= 0.6 is 0 Å². The molecule has 0 amide bonds. The summed E-state index contributed by atoms with van der Waals surface area (Å²) >= 11 is 0. The lowest BCUT2D eigenvalue weighted by Crippen LogP contribution is -2.18. The van der Waals surface area contributed by atoms with Gasteiger partial charge in [-0.05, 0) is 48.0 Å². The second-order valence-electron chi connectivity index (χ2n) is 8.14. The zero-order chi connectivity index (χ0) is 26.6. The van der Waals surface area contributed by atoms with Crippen molar-refractivity contribution >= 4 is 5.69 Å². The molecule has 1 unspecified atom stereocenters. The van der Waals surface area contributed by atoms with E-state index >= 15 is 0 Å². The van der Waals surface area contributed by atoms with Gasteiger partial charge in [-0.3, -0.25) is 4.98 Å². The van der Waals surface area contributed by atoms with E-state index in [9.17, 15) is 9.90 Å². The van der Waals surface area contributed by atoms with E-state index in [0.717, 1.165) is 10.2 Å². The van der Waals surface area contributed by atoms with Gasteiger partial charge in [0.1, 0.15) is 6.04 Å². The molecule has 194 valence electrons. The molecule has 3 N–H and O–H groups in total. The highest BCUT2D eigenvalue weighted by Crippen LogP contribution is 2.37. The van der Waals surface area contributed by atoms with Crippen molar-refractivity contribution in [3.05, 3.63) is 88.2 Å². The number of hydrogen-bond acceptors (Lipinski definition) is 11. The van der Waals surface area contributed by atoms with Gasteiger partial charge in [0.2, 0.25) is 11.7 Å². The molecule has 0 aliphatic heterocycles. The molecule has 0 bridgehead atoms. The monoisotopic (exact) mass is 516 g/mol. The first-order valence-corrected chi connectivity index (χ1v) is 11.5. The van der Waals surface area contributed by atoms with Gasteiger partial charge in [0.05, 0.1) is 20.8 Å². The lowest BCUT2D eigenvalue weighted by molar-refractivity contribution is 0.269. The maximum Gasteiger partial charge on any atom is 0.350 e. The van der Waals surface area contributed by atoms with Crippen molar-refractivity contribution in [1.29, 1.82) is 0 Å². The summed E-state index contributed by atoms with van der Waals surface area (Å²) in [5, 5.41) is 21.8. The molecule has 3 heterocycles. The molecule has 0 radical (unpaired) electrons. The summed E-state index contributed by atoms with van der Waals surface area (Å²) in [6, 6.07) is 11.9.